The summed E-state index contributed by atoms with van der Waals surface area (Å²) in [4.78, 5) is 21.5. The van der Waals surface area contributed by atoms with Gasteiger partial charge in [-0.15, -0.1) is 0 Å². The summed E-state index contributed by atoms with van der Waals surface area (Å²) in [5, 5.41) is 10.2. The van der Waals surface area contributed by atoms with Gasteiger partial charge in [0.2, 0.25) is 0 Å². The molecule has 2 fully saturated rings. The first-order valence-electron chi connectivity index (χ1n) is 3.27. The maximum atomic E-state index is 10.8. The predicted octanol–water partition coefficient (Wildman–Crippen LogP) is -1.35. The Bertz CT molecular complexity index is 219. The van der Waals surface area contributed by atoms with E-state index >= 15 is 0 Å². The minimum Gasteiger partial charge on any atom is -0.314 e. The molecule has 0 unspecified atom stereocenters. The lowest BCUT2D eigenvalue weighted by Crippen LogP contribution is -2.53. The quantitative estimate of drug-likeness (QED) is 0.350. The summed E-state index contributed by atoms with van der Waals surface area (Å²) in [5.41, 5.74) is -0.672. The number of carbonyl (C=O) groups excluding carboxylic acids is 2. The third-order valence-corrected chi connectivity index (χ3v) is 1.87. The van der Waals surface area contributed by atoms with Crippen LogP contribution in [0.3, 0.4) is 0 Å². The van der Waals surface area contributed by atoms with Gasteiger partial charge in [0.25, 0.3) is 0 Å². The Hall–Kier alpha value is -1.46. The molecule has 11 heavy (non-hydrogen) atoms. The molecule has 0 aromatic carbocycles. The van der Waals surface area contributed by atoms with Gasteiger partial charge in [-0.25, -0.2) is 9.59 Å². The smallest absolute Gasteiger partial charge is 0.314 e. The maximum absolute atomic E-state index is 10.8. The summed E-state index contributed by atoms with van der Waals surface area (Å²) in [7, 11) is 0. The van der Waals surface area contributed by atoms with Gasteiger partial charge < -0.3 is 21.3 Å². The number of hydrogen-bond acceptors (Lipinski definition) is 2. The molecule has 2 heterocycles. The second-order valence-corrected chi connectivity index (χ2v) is 2.83. The van der Waals surface area contributed by atoms with Gasteiger partial charge in [-0.1, -0.05) is 0 Å². The van der Waals surface area contributed by atoms with Crippen molar-refractivity contribution in [2.24, 2.45) is 0 Å². The molecule has 2 saturated heterocycles. The van der Waals surface area contributed by atoms with Crippen molar-refractivity contribution >= 4 is 12.1 Å². The van der Waals surface area contributed by atoms with Crippen LogP contribution in [-0.4, -0.2) is 23.9 Å². The third kappa shape index (κ3) is 0.719. The van der Waals surface area contributed by atoms with Gasteiger partial charge in [0.1, 0.15) is 6.17 Å². The molecule has 0 aromatic rings. The minimum absolute atomic E-state index is 0.273. The second-order valence-electron chi connectivity index (χ2n) is 2.83. The Kier molecular flexibility index (Phi) is 0.899. The van der Waals surface area contributed by atoms with Crippen molar-refractivity contribution in [1.82, 2.24) is 21.3 Å². The van der Waals surface area contributed by atoms with Gasteiger partial charge in [-0.3, -0.25) is 0 Å². The molecular weight excluding hydrogens is 148 g/mol. The Balaban J connectivity index is 2.25. The summed E-state index contributed by atoms with van der Waals surface area (Å²) in [6, 6.07) is -0.546. The van der Waals surface area contributed by atoms with Gasteiger partial charge >= 0.3 is 12.1 Å². The average molecular weight is 156 g/mol. The SMILES string of the molecule is CC12NC(=O)NC1NC(=O)N2. The maximum Gasteiger partial charge on any atom is 0.318 e. The molecular formula is C5H8N4O2. The largest absolute Gasteiger partial charge is 0.318 e. The lowest BCUT2D eigenvalue weighted by molar-refractivity contribution is 0.235. The van der Waals surface area contributed by atoms with E-state index in [1.54, 1.807) is 6.92 Å². The molecule has 0 atom stereocenters. The van der Waals surface area contributed by atoms with E-state index in [0.717, 1.165) is 0 Å². The fourth-order valence-electron chi connectivity index (χ4n) is 1.31. The van der Waals surface area contributed by atoms with Crippen molar-refractivity contribution < 1.29 is 9.59 Å². The Labute approximate surface area is 62.7 Å². The first-order chi connectivity index (χ1) is 5.10. The molecule has 0 radical (unpaired) electrons. The molecule has 6 nitrogen and oxygen atoms in total. The lowest BCUT2D eigenvalue weighted by Gasteiger charge is -2.19. The van der Waals surface area contributed by atoms with E-state index in [-0.39, 0.29) is 18.2 Å². The summed E-state index contributed by atoms with van der Waals surface area (Å²) < 4.78 is 0. The first kappa shape index (κ1) is 6.26. The number of carbonyl (C=O) groups is 2. The number of hydrogen-bond donors (Lipinski definition) is 4. The highest BCUT2D eigenvalue weighted by Gasteiger charge is 2.49. The third-order valence-electron chi connectivity index (χ3n) is 1.87. The van der Waals surface area contributed by atoms with Crippen LogP contribution in [0.4, 0.5) is 9.59 Å². The zero-order chi connectivity index (χ0) is 8.06. The molecule has 0 spiro atoms. The summed E-state index contributed by atoms with van der Waals surface area (Å²) in [5.74, 6) is 0. The molecule has 0 bridgehead atoms. The summed E-state index contributed by atoms with van der Waals surface area (Å²) in [6.45, 7) is 1.73. The van der Waals surface area contributed by atoms with Crippen LogP contribution < -0.4 is 21.3 Å². The van der Waals surface area contributed by atoms with Crippen LogP contribution >= 0.6 is 0 Å². The molecule has 6 heteroatoms. The number of fused-ring (bicyclic) bond motifs is 1. The van der Waals surface area contributed by atoms with Crippen molar-refractivity contribution in [2.45, 2.75) is 18.8 Å². The van der Waals surface area contributed by atoms with Gasteiger partial charge in [0, 0.05) is 0 Å². The monoisotopic (exact) mass is 156 g/mol. The van der Waals surface area contributed by atoms with E-state index < -0.39 is 5.66 Å². The fraction of sp³-hybridized carbons (Fsp3) is 0.600. The highest BCUT2D eigenvalue weighted by Crippen LogP contribution is 2.14. The molecule has 2 aliphatic rings. The Morgan fingerprint density at radius 1 is 1.18 bits per heavy atom. The van der Waals surface area contributed by atoms with E-state index in [4.69, 9.17) is 0 Å². The highest BCUT2D eigenvalue weighted by atomic mass is 16.2. The topological polar surface area (TPSA) is 82.3 Å². The van der Waals surface area contributed by atoms with Crippen molar-refractivity contribution in [3.63, 3.8) is 0 Å². The fourth-order valence-corrected chi connectivity index (χ4v) is 1.31. The molecule has 2 aliphatic heterocycles. The van der Waals surface area contributed by atoms with Crippen LogP contribution in [0.15, 0.2) is 0 Å². The van der Waals surface area contributed by atoms with Crippen LogP contribution in [0.2, 0.25) is 0 Å². The molecule has 0 aliphatic carbocycles. The summed E-state index contributed by atoms with van der Waals surface area (Å²) >= 11 is 0. The second kappa shape index (κ2) is 1.58. The molecule has 0 aromatic heterocycles. The Morgan fingerprint density at radius 2 is 1.64 bits per heavy atom. The van der Waals surface area contributed by atoms with E-state index in [0.29, 0.717) is 0 Å². The summed E-state index contributed by atoms with van der Waals surface area (Å²) in [6.07, 6.45) is -0.345. The average Bonchev–Trinajstić information content (AvgIpc) is 2.16. The number of amides is 4. The zero-order valence-corrected chi connectivity index (χ0v) is 5.89. The lowest BCUT2D eigenvalue weighted by atomic mass is 10.2. The normalized spacial score (nSPS) is 40.3. The van der Waals surface area contributed by atoms with Crippen LogP contribution in [0.25, 0.3) is 0 Å². The number of urea groups is 2. The minimum atomic E-state index is -0.672. The Morgan fingerprint density at radius 3 is 2.00 bits per heavy atom. The van der Waals surface area contributed by atoms with E-state index in [1.807, 2.05) is 0 Å². The highest BCUT2D eigenvalue weighted by molar-refractivity contribution is 5.86. The van der Waals surface area contributed by atoms with Crippen molar-refractivity contribution in [3.8, 4) is 0 Å². The number of nitrogens with one attached hydrogen (secondary N) is 4. The van der Waals surface area contributed by atoms with E-state index in [9.17, 15) is 9.59 Å². The van der Waals surface area contributed by atoms with Crippen LogP contribution in [0, 0.1) is 0 Å². The van der Waals surface area contributed by atoms with Gasteiger partial charge in [0.05, 0.1) is 0 Å². The van der Waals surface area contributed by atoms with Gasteiger partial charge in [0.15, 0.2) is 5.66 Å². The zero-order valence-electron chi connectivity index (χ0n) is 5.89. The van der Waals surface area contributed by atoms with Gasteiger partial charge in [-0.05, 0) is 6.92 Å². The molecule has 0 saturated carbocycles. The molecule has 60 valence electrons. The first-order valence-corrected chi connectivity index (χ1v) is 3.27. The standard InChI is InChI=1S/C5H8N4O2/c1-5-2(6-3(10)8-5)7-4(11)9-5/h2H,1H3,(H2,6,8,10)(H2,7,9,11). The van der Waals surface area contributed by atoms with Crippen LogP contribution in [-0.2, 0) is 0 Å². The van der Waals surface area contributed by atoms with Crippen molar-refractivity contribution in [1.29, 1.82) is 0 Å². The van der Waals surface area contributed by atoms with Crippen LogP contribution in [0.5, 0.6) is 0 Å². The molecule has 4 amide bonds. The van der Waals surface area contributed by atoms with Crippen molar-refractivity contribution in [3.05, 3.63) is 0 Å². The molecule has 2 rings (SSSR count). The van der Waals surface area contributed by atoms with E-state index in [1.165, 1.54) is 0 Å². The molecule has 4 N–H and O–H groups in total. The van der Waals surface area contributed by atoms with Crippen molar-refractivity contribution in [2.75, 3.05) is 0 Å². The van der Waals surface area contributed by atoms with Crippen LogP contribution in [0.1, 0.15) is 6.92 Å². The predicted molar refractivity (Wildman–Crippen MR) is 35.5 cm³/mol. The van der Waals surface area contributed by atoms with Gasteiger partial charge in [-0.2, -0.15) is 0 Å². The van der Waals surface area contributed by atoms with E-state index in [2.05, 4.69) is 21.3 Å². The number of rotatable bonds is 0.